The fourth-order valence-corrected chi connectivity index (χ4v) is 3.15. The lowest BCUT2D eigenvalue weighted by atomic mass is 9.81. The van der Waals surface area contributed by atoms with E-state index in [0.717, 1.165) is 25.7 Å². The van der Waals surface area contributed by atoms with Crippen molar-refractivity contribution in [3.8, 4) is 0 Å². The van der Waals surface area contributed by atoms with Crippen LogP contribution in [0.1, 0.15) is 84.0 Å². The lowest BCUT2D eigenvalue weighted by Gasteiger charge is -2.25. The van der Waals surface area contributed by atoms with Gasteiger partial charge in [-0.15, -0.1) is 0 Å². The third-order valence-corrected chi connectivity index (χ3v) is 4.70. The Bertz CT molecular complexity index is 356. The first kappa shape index (κ1) is 24.9. The number of hydrogen-bond donors (Lipinski definition) is 3. The molecule has 1 aliphatic carbocycles. The Morgan fingerprint density at radius 2 is 1.42 bits per heavy atom. The van der Waals surface area contributed by atoms with Crippen molar-refractivity contribution in [2.45, 2.75) is 84.0 Å². The number of aliphatic hydroxyl groups is 2. The Kier molecular flexibility index (Phi) is 16.5. The number of carbonyl (C=O) groups is 2. The number of carbonyl (C=O) groups excluding carboxylic acids is 1. The second-order valence-electron chi connectivity index (χ2n) is 6.99. The predicted octanol–water partition coefficient (Wildman–Crippen LogP) is 3.53. The van der Waals surface area contributed by atoms with Crippen LogP contribution in [0, 0.1) is 11.8 Å². The largest absolute Gasteiger partial charge is 0.481 e. The van der Waals surface area contributed by atoms with Crippen molar-refractivity contribution in [2.24, 2.45) is 11.8 Å². The molecule has 0 amide bonds. The minimum Gasteiger partial charge on any atom is -0.481 e. The fraction of sp³-hybridized carbons (Fsp3) is 0.900. The van der Waals surface area contributed by atoms with Crippen molar-refractivity contribution in [3.63, 3.8) is 0 Å². The van der Waals surface area contributed by atoms with Crippen molar-refractivity contribution < 1.29 is 29.6 Å². The molecule has 0 radical (unpaired) electrons. The van der Waals surface area contributed by atoms with Crippen LogP contribution < -0.4 is 0 Å². The number of aliphatic hydroxyl groups excluding tert-OH is 2. The van der Waals surface area contributed by atoms with Crippen LogP contribution in [0.15, 0.2) is 0 Å². The van der Waals surface area contributed by atoms with Crippen molar-refractivity contribution in [1.82, 2.24) is 0 Å². The zero-order chi connectivity index (χ0) is 19.6. The van der Waals surface area contributed by atoms with Crippen LogP contribution in [-0.2, 0) is 14.3 Å². The maximum atomic E-state index is 12.0. The average molecular weight is 375 g/mol. The molecule has 154 valence electrons. The van der Waals surface area contributed by atoms with E-state index in [4.69, 9.17) is 20.1 Å². The SMILES string of the molecule is CCCCCCCCCCOC(=O)C1CCCC(C(=O)O)C1.OCCO. The summed E-state index contributed by atoms with van der Waals surface area (Å²) < 4.78 is 5.32. The molecule has 3 N–H and O–H groups in total. The highest BCUT2D eigenvalue weighted by molar-refractivity contribution is 5.75. The molecule has 0 aromatic rings. The van der Waals surface area contributed by atoms with Gasteiger partial charge in [-0.3, -0.25) is 9.59 Å². The summed E-state index contributed by atoms with van der Waals surface area (Å²) in [6.07, 6.45) is 12.5. The molecule has 0 aliphatic heterocycles. The maximum absolute atomic E-state index is 12.0. The molecule has 1 aliphatic rings. The normalized spacial score (nSPS) is 19.3. The highest BCUT2D eigenvalue weighted by Crippen LogP contribution is 2.30. The van der Waals surface area contributed by atoms with Gasteiger partial charge < -0.3 is 20.1 Å². The molecule has 0 aromatic heterocycles. The molecule has 2 atom stereocenters. The Morgan fingerprint density at radius 1 is 0.885 bits per heavy atom. The van der Waals surface area contributed by atoms with Crippen LogP contribution in [0.2, 0.25) is 0 Å². The number of unbranched alkanes of at least 4 members (excludes halogenated alkanes) is 7. The van der Waals surface area contributed by atoms with Crippen LogP contribution in [0.3, 0.4) is 0 Å². The first-order valence-corrected chi connectivity index (χ1v) is 10.2. The number of hydrogen-bond acceptors (Lipinski definition) is 5. The van der Waals surface area contributed by atoms with E-state index >= 15 is 0 Å². The molecule has 0 heterocycles. The van der Waals surface area contributed by atoms with E-state index in [1.807, 2.05) is 0 Å². The number of carboxylic acid groups (broad SMARTS) is 1. The third-order valence-electron chi connectivity index (χ3n) is 4.70. The first-order chi connectivity index (χ1) is 12.6. The van der Waals surface area contributed by atoms with E-state index < -0.39 is 5.97 Å². The van der Waals surface area contributed by atoms with Gasteiger partial charge in [0.05, 0.1) is 31.7 Å². The van der Waals surface area contributed by atoms with Crippen LogP contribution in [0.25, 0.3) is 0 Å². The Morgan fingerprint density at radius 3 is 1.96 bits per heavy atom. The van der Waals surface area contributed by atoms with Crippen LogP contribution >= 0.6 is 0 Å². The lowest BCUT2D eigenvalue weighted by molar-refractivity contribution is -0.152. The van der Waals surface area contributed by atoms with E-state index in [0.29, 0.717) is 19.4 Å². The minimum absolute atomic E-state index is 0.125. The van der Waals surface area contributed by atoms with Gasteiger partial charge in [0, 0.05) is 0 Å². The summed E-state index contributed by atoms with van der Waals surface area (Å²) in [6.45, 7) is 2.46. The summed E-state index contributed by atoms with van der Waals surface area (Å²) in [5, 5.41) is 24.3. The molecular weight excluding hydrogens is 336 g/mol. The summed E-state index contributed by atoms with van der Waals surface area (Å²) in [4.78, 5) is 23.0. The van der Waals surface area contributed by atoms with Gasteiger partial charge in [-0.2, -0.15) is 0 Å². The molecule has 6 heteroatoms. The second kappa shape index (κ2) is 17.3. The summed E-state index contributed by atoms with van der Waals surface area (Å²) >= 11 is 0. The van der Waals surface area contributed by atoms with Gasteiger partial charge in [0.1, 0.15) is 0 Å². The van der Waals surface area contributed by atoms with E-state index in [1.54, 1.807) is 0 Å². The minimum atomic E-state index is -0.777. The fourth-order valence-electron chi connectivity index (χ4n) is 3.15. The molecule has 0 bridgehead atoms. The number of rotatable bonds is 12. The van der Waals surface area contributed by atoms with E-state index in [2.05, 4.69) is 6.92 Å². The molecule has 2 unspecified atom stereocenters. The van der Waals surface area contributed by atoms with Gasteiger partial charge in [0.15, 0.2) is 0 Å². The predicted molar refractivity (Wildman–Crippen MR) is 101 cm³/mol. The molecule has 6 nitrogen and oxygen atoms in total. The average Bonchev–Trinajstić information content (AvgIpc) is 2.66. The maximum Gasteiger partial charge on any atom is 0.308 e. The van der Waals surface area contributed by atoms with Crippen molar-refractivity contribution in [1.29, 1.82) is 0 Å². The van der Waals surface area contributed by atoms with Gasteiger partial charge in [-0.25, -0.2) is 0 Å². The van der Waals surface area contributed by atoms with E-state index in [-0.39, 0.29) is 31.0 Å². The second-order valence-corrected chi connectivity index (χ2v) is 6.99. The number of ether oxygens (including phenoxy) is 1. The standard InChI is InChI=1S/C18H32O4.C2H6O2/c1-2-3-4-5-6-7-8-9-13-22-18(21)16-12-10-11-15(14-16)17(19)20;3-1-2-4/h15-16H,2-14H2,1H3,(H,19,20);3-4H,1-2H2. The van der Waals surface area contributed by atoms with Crippen molar-refractivity contribution in [3.05, 3.63) is 0 Å². The molecule has 0 spiro atoms. The molecule has 1 saturated carbocycles. The summed E-state index contributed by atoms with van der Waals surface area (Å²) in [6, 6.07) is 0. The number of aliphatic carboxylic acids is 1. The Balaban J connectivity index is 0.00000141. The molecule has 26 heavy (non-hydrogen) atoms. The van der Waals surface area contributed by atoms with Crippen LogP contribution in [0.4, 0.5) is 0 Å². The van der Waals surface area contributed by atoms with Crippen molar-refractivity contribution >= 4 is 11.9 Å². The van der Waals surface area contributed by atoms with E-state index in [9.17, 15) is 9.59 Å². The molecule has 1 rings (SSSR count). The van der Waals surface area contributed by atoms with Gasteiger partial charge in [0.2, 0.25) is 0 Å². The summed E-state index contributed by atoms with van der Waals surface area (Å²) in [7, 11) is 0. The van der Waals surface area contributed by atoms with Gasteiger partial charge in [-0.05, 0) is 25.7 Å². The monoisotopic (exact) mass is 374 g/mol. The Hall–Kier alpha value is -1.14. The first-order valence-electron chi connectivity index (χ1n) is 10.2. The van der Waals surface area contributed by atoms with Gasteiger partial charge >= 0.3 is 11.9 Å². The number of carboxylic acids is 1. The Labute approximate surface area is 157 Å². The molecule has 0 saturated heterocycles. The molecule has 1 fully saturated rings. The molecule has 0 aromatic carbocycles. The van der Waals surface area contributed by atoms with Gasteiger partial charge in [-0.1, -0.05) is 58.3 Å². The van der Waals surface area contributed by atoms with Crippen LogP contribution in [0.5, 0.6) is 0 Å². The smallest absolute Gasteiger partial charge is 0.308 e. The lowest BCUT2D eigenvalue weighted by Crippen LogP contribution is -2.28. The highest BCUT2D eigenvalue weighted by Gasteiger charge is 2.31. The molecular formula is C20H38O6. The van der Waals surface area contributed by atoms with Crippen LogP contribution in [-0.4, -0.2) is 47.1 Å². The summed E-state index contributed by atoms with van der Waals surface area (Å²) in [5.41, 5.74) is 0. The third kappa shape index (κ3) is 13.1. The zero-order valence-corrected chi connectivity index (χ0v) is 16.3. The highest BCUT2D eigenvalue weighted by atomic mass is 16.5. The van der Waals surface area contributed by atoms with Gasteiger partial charge in [0.25, 0.3) is 0 Å². The van der Waals surface area contributed by atoms with Crippen molar-refractivity contribution in [2.75, 3.05) is 19.8 Å². The zero-order valence-electron chi connectivity index (χ0n) is 16.3. The summed E-state index contributed by atoms with van der Waals surface area (Å²) in [5.74, 6) is -1.53. The topological polar surface area (TPSA) is 104 Å². The quantitative estimate of drug-likeness (QED) is 0.356. The number of esters is 1. The van der Waals surface area contributed by atoms with E-state index in [1.165, 1.54) is 38.5 Å².